The molecular formula is C13H27N3O2. The highest BCUT2D eigenvalue weighted by molar-refractivity contribution is 5.78. The van der Waals surface area contributed by atoms with E-state index in [0.717, 1.165) is 25.9 Å². The van der Waals surface area contributed by atoms with Crippen molar-refractivity contribution in [1.82, 2.24) is 9.80 Å². The first kappa shape index (κ1) is 15.4. The Kier molecular flexibility index (Phi) is 6.60. The first-order valence-electron chi connectivity index (χ1n) is 6.90. The average Bonchev–Trinajstić information content (AvgIpc) is 2.37. The van der Waals surface area contributed by atoms with Crippen molar-refractivity contribution >= 4 is 5.91 Å². The lowest BCUT2D eigenvalue weighted by Gasteiger charge is -2.38. The highest BCUT2D eigenvalue weighted by Crippen LogP contribution is 2.18. The summed E-state index contributed by atoms with van der Waals surface area (Å²) in [7, 11) is 2.10. The van der Waals surface area contributed by atoms with Gasteiger partial charge < -0.3 is 20.6 Å². The molecule has 1 aliphatic rings. The van der Waals surface area contributed by atoms with Crippen LogP contribution in [0.25, 0.3) is 0 Å². The van der Waals surface area contributed by atoms with Crippen LogP contribution in [0.2, 0.25) is 0 Å². The fourth-order valence-electron chi connectivity index (χ4n) is 2.54. The van der Waals surface area contributed by atoms with Gasteiger partial charge in [-0.25, -0.2) is 0 Å². The normalized spacial score (nSPS) is 19.8. The van der Waals surface area contributed by atoms with Gasteiger partial charge in [-0.15, -0.1) is 0 Å². The molecule has 0 spiro atoms. The van der Waals surface area contributed by atoms with Gasteiger partial charge in [0.1, 0.15) is 0 Å². The van der Waals surface area contributed by atoms with Crippen LogP contribution in [0, 0.1) is 5.92 Å². The van der Waals surface area contributed by atoms with Crippen LogP contribution in [0.15, 0.2) is 0 Å². The maximum absolute atomic E-state index is 12.3. The third kappa shape index (κ3) is 4.23. The highest BCUT2D eigenvalue weighted by Gasteiger charge is 2.28. The molecule has 0 radical (unpaired) electrons. The van der Waals surface area contributed by atoms with Gasteiger partial charge in [-0.3, -0.25) is 4.79 Å². The van der Waals surface area contributed by atoms with Crippen LogP contribution in [0.3, 0.4) is 0 Å². The van der Waals surface area contributed by atoms with Gasteiger partial charge in [0.05, 0.1) is 6.61 Å². The molecule has 1 aliphatic heterocycles. The third-order valence-electron chi connectivity index (χ3n) is 3.77. The maximum Gasteiger partial charge on any atom is 0.225 e. The molecule has 3 N–H and O–H groups in total. The first-order valence-corrected chi connectivity index (χ1v) is 6.90. The molecule has 0 aromatic carbocycles. The van der Waals surface area contributed by atoms with Crippen LogP contribution in [0.5, 0.6) is 0 Å². The zero-order chi connectivity index (χ0) is 13.5. The lowest BCUT2D eigenvalue weighted by molar-refractivity contribution is -0.139. The van der Waals surface area contributed by atoms with Crippen LogP contribution in [-0.4, -0.2) is 66.7 Å². The average molecular weight is 257 g/mol. The highest BCUT2D eigenvalue weighted by atomic mass is 16.3. The molecule has 0 aromatic heterocycles. The number of hydrogen-bond donors (Lipinski definition) is 2. The summed E-state index contributed by atoms with van der Waals surface area (Å²) in [4.78, 5) is 16.5. The zero-order valence-electron chi connectivity index (χ0n) is 11.6. The number of aliphatic hydroxyl groups is 1. The number of carbonyl (C=O) groups excluding carboxylic acids is 1. The molecular weight excluding hydrogens is 230 g/mol. The Labute approximate surface area is 110 Å². The van der Waals surface area contributed by atoms with Crippen molar-refractivity contribution in [2.75, 3.05) is 39.8 Å². The van der Waals surface area contributed by atoms with Gasteiger partial charge in [-0.1, -0.05) is 6.92 Å². The summed E-state index contributed by atoms with van der Waals surface area (Å²) in [6.07, 6.45) is 2.71. The van der Waals surface area contributed by atoms with Crippen LogP contribution < -0.4 is 5.73 Å². The van der Waals surface area contributed by atoms with Crippen molar-refractivity contribution < 1.29 is 9.90 Å². The fraction of sp³-hybridized carbons (Fsp3) is 0.923. The number of likely N-dealkylation sites (tertiary alicyclic amines) is 1. The number of aliphatic hydroxyl groups excluding tert-OH is 1. The van der Waals surface area contributed by atoms with Crippen LogP contribution >= 0.6 is 0 Å². The van der Waals surface area contributed by atoms with Gasteiger partial charge in [0, 0.05) is 18.5 Å². The predicted molar refractivity (Wildman–Crippen MR) is 72.2 cm³/mol. The summed E-state index contributed by atoms with van der Waals surface area (Å²) in [5, 5.41) is 9.15. The number of rotatable bonds is 6. The molecule has 5 nitrogen and oxygen atoms in total. The minimum absolute atomic E-state index is 0.0351. The van der Waals surface area contributed by atoms with E-state index in [1.54, 1.807) is 0 Å². The van der Waals surface area contributed by atoms with Crippen LogP contribution in [0.4, 0.5) is 0 Å². The van der Waals surface area contributed by atoms with Gasteiger partial charge in [0.15, 0.2) is 0 Å². The Morgan fingerprint density at radius 2 is 2.11 bits per heavy atom. The SMILES string of the molecule is CC(CCN)C(=O)N(CCO)C1CCN(C)CC1. The van der Waals surface area contributed by atoms with Crippen molar-refractivity contribution in [2.24, 2.45) is 11.7 Å². The van der Waals surface area contributed by atoms with E-state index < -0.39 is 0 Å². The topological polar surface area (TPSA) is 69.8 Å². The molecule has 18 heavy (non-hydrogen) atoms. The Balaban J connectivity index is 2.60. The predicted octanol–water partition coefficient (Wildman–Crippen LogP) is -0.114. The Morgan fingerprint density at radius 3 is 2.61 bits per heavy atom. The van der Waals surface area contributed by atoms with Crippen LogP contribution in [0.1, 0.15) is 26.2 Å². The largest absolute Gasteiger partial charge is 0.395 e. The van der Waals surface area contributed by atoms with Crippen molar-refractivity contribution in [2.45, 2.75) is 32.2 Å². The summed E-state index contributed by atoms with van der Waals surface area (Å²) in [6, 6.07) is 0.279. The molecule has 1 atom stereocenters. The molecule has 0 saturated carbocycles. The number of nitrogens with two attached hydrogens (primary N) is 1. The summed E-state index contributed by atoms with van der Waals surface area (Å²) in [6.45, 7) is 4.98. The van der Waals surface area contributed by atoms with E-state index in [1.165, 1.54) is 0 Å². The summed E-state index contributed by atoms with van der Waals surface area (Å²) in [5.41, 5.74) is 5.51. The van der Waals surface area contributed by atoms with E-state index >= 15 is 0 Å². The Bertz CT molecular complexity index is 253. The fourth-order valence-corrected chi connectivity index (χ4v) is 2.54. The molecule has 1 saturated heterocycles. The molecule has 1 unspecified atom stereocenters. The number of carbonyl (C=O) groups is 1. The zero-order valence-corrected chi connectivity index (χ0v) is 11.6. The van der Waals surface area contributed by atoms with E-state index in [2.05, 4.69) is 11.9 Å². The Hall–Kier alpha value is -0.650. The second-order valence-electron chi connectivity index (χ2n) is 5.27. The van der Waals surface area contributed by atoms with E-state index in [1.807, 2.05) is 11.8 Å². The molecule has 1 fully saturated rings. The van der Waals surface area contributed by atoms with E-state index in [-0.39, 0.29) is 24.5 Å². The molecule has 0 bridgehead atoms. The van der Waals surface area contributed by atoms with Crippen molar-refractivity contribution in [3.8, 4) is 0 Å². The molecule has 0 aromatic rings. The first-order chi connectivity index (χ1) is 8.60. The molecule has 1 amide bonds. The number of piperidine rings is 1. The smallest absolute Gasteiger partial charge is 0.225 e. The monoisotopic (exact) mass is 257 g/mol. The van der Waals surface area contributed by atoms with Gasteiger partial charge in [-0.05, 0) is 45.9 Å². The molecule has 0 aliphatic carbocycles. The van der Waals surface area contributed by atoms with Crippen molar-refractivity contribution in [3.63, 3.8) is 0 Å². The number of amides is 1. The molecule has 106 valence electrons. The minimum atomic E-state index is -0.0405. The maximum atomic E-state index is 12.3. The number of hydrogen-bond acceptors (Lipinski definition) is 4. The van der Waals surface area contributed by atoms with Gasteiger partial charge in [0.25, 0.3) is 0 Å². The molecule has 1 rings (SSSR count). The van der Waals surface area contributed by atoms with Gasteiger partial charge >= 0.3 is 0 Å². The minimum Gasteiger partial charge on any atom is -0.395 e. The standard InChI is InChI=1S/C13H27N3O2/c1-11(3-6-14)13(18)16(9-10-17)12-4-7-15(2)8-5-12/h11-12,17H,3-10,14H2,1-2H3. The summed E-state index contributed by atoms with van der Waals surface area (Å²) < 4.78 is 0. The van der Waals surface area contributed by atoms with Gasteiger partial charge in [0.2, 0.25) is 5.91 Å². The molecule has 1 heterocycles. The second kappa shape index (κ2) is 7.71. The third-order valence-corrected chi connectivity index (χ3v) is 3.77. The van der Waals surface area contributed by atoms with E-state index in [4.69, 9.17) is 10.8 Å². The van der Waals surface area contributed by atoms with Crippen molar-refractivity contribution in [3.05, 3.63) is 0 Å². The van der Waals surface area contributed by atoms with E-state index in [0.29, 0.717) is 19.5 Å². The summed E-state index contributed by atoms with van der Waals surface area (Å²) >= 11 is 0. The van der Waals surface area contributed by atoms with Crippen molar-refractivity contribution in [1.29, 1.82) is 0 Å². The lowest BCUT2D eigenvalue weighted by atomic mass is 10.00. The van der Waals surface area contributed by atoms with Crippen LogP contribution in [-0.2, 0) is 4.79 Å². The summed E-state index contributed by atoms with van der Waals surface area (Å²) in [5.74, 6) is 0.102. The lowest BCUT2D eigenvalue weighted by Crippen LogP contribution is -2.49. The van der Waals surface area contributed by atoms with Gasteiger partial charge in [-0.2, -0.15) is 0 Å². The molecule has 5 heteroatoms. The Morgan fingerprint density at radius 1 is 1.50 bits per heavy atom. The number of nitrogens with zero attached hydrogens (tertiary/aromatic N) is 2. The second-order valence-corrected chi connectivity index (χ2v) is 5.27. The van der Waals surface area contributed by atoms with E-state index in [9.17, 15) is 4.79 Å². The quantitative estimate of drug-likeness (QED) is 0.696.